The quantitative estimate of drug-likeness (QED) is 0.655. The fraction of sp³-hybridized carbons (Fsp3) is 0.190. The fourth-order valence-electron chi connectivity index (χ4n) is 2.87. The summed E-state index contributed by atoms with van der Waals surface area (Å²) < 4.78 is 11.6. The van der Waals surface area contributed by atoms with Crippen LogP contribution >= 0.6 is 15.9 Å². The first-order chi connectivity index (χ1) is 12.1. The van der Waals surface area contributed by atoms with Gasteiger partial charge >= 0.3 is 0 Å². The van der Waals surface area contributed by atoms with Gasteiger partial charge in [0, 0.05) is 21.7 Å². The molecule has 2 aromatic rings. The summed E-state index contributed by atoms with van der Waals surface area (Å²) in [6, 6.07) is 13.5. The SMILES string of the molecule is COc1cc(C=C2CC/C(=C\c3ccccc3Br)C2=O)cc(OC)c1. The molecule has 0 radical (unpaired) electrons. The predicted molar refractivity (Wildman–Crippen MR) is 104 cm³/mol. The van der Waals surface area contributed by atoms with Gasteiger partial charge in [-0.25, -0.2) is 0 Å². The molecular weight excluding hydrogens is 380 g/mol. The average molecular weight is 399 g/mol. The van der Waals surface area contributed by atoms with Gasteiger partial charge in [-0.15, -0.1) is 0 Å². The standard InChI is InChI=1S/C21H19BrO3/c1-24-18-10-14(11-19(13-18)25-2)9-16-7-8-17(21(16)23)12-15-5-3-4-6-20(15)22/h3-6,9-13H,7-8H2,1-2H3/b16-9?,17-12+. The molecule has 0 bridgehead atoms. The second-order valence-corrected chi connectivity index (χ2v) is 6.69. The Bertz CT molecular complexity index is 843. The Kier molecular flexibility index (Phi) is 5.39. The Morgan fingerprint density at radius 2 is 1.52 bits per heavy atom. The maximum absolute atomic E-state index is 12.7. The molecule has 0 spiro atoms. The first-order valence-electron chi connectivity index (χ1n) is 8.04. The van der Waals surface area contributed by atoms with Gasteiger partial charge in [-0.1, -0.05) is 34.1 Å². The van der Waals surface area contributed by atoms with E-state index < -0.39 is 0 Å². The molecule has 1 aliphatic rings. The molecule has 3 rings (SSSR count). The van der Waals surface area contributed by atoms with Crippen molar-refractivity contribution < 1.29 is 14.3 Å². The van der Waals surface area contributed by atoms with E-state index in [2.05, 4.69) is 15.9 Å². The molecule has 3 nitrogen and oxygen atoms in total. The molecule has 1 fully saturated rings. The van der Waals surface area contributed by atoms with Gasteiger partial charge in [0.05, 0.1) is 14.2 Å². The molecule has 0 amide bonds. The van der Waals surface area contributed by atoms with E-state index in [4.69, 9.17) is 9.47 Å². The summed E-state index contributed by atoms with van der Waals surface area (Å²) in [6.45, 7) is 0. The highest BCUT2D eigenvalue weighted by Crippen LogP contribution is 2.32. The molecule has 0 atom stereocenters. The molecular formula is C21H19BrO3. The average Bonchev–Trinajstić information content (AvgIpc) is 2.96. The van der Waals surface area contributed by atoms with Gasteiger partial charge in [0.15, 0.2) is 5.78 Å². The van der Waals surface area contributed by atoms with E-state index >= 15 is 0 Å². The van der Waals surface area contributed by atoms with Gasteiger partial charge in [0.25, 0.3) is 0 Å². The lowest BCUT2D eigenvalue weighted by atomic mass is 10.1. The predicted octanol–water partition coefficient (Wildman–Crippen LogP) is 5.30. The van der Waals surface area contributed by atoms with Crippen LogP contribution in [0.15, 0.2) is 58.1 Å². The summed E-state index contributed by atoms with van der Waals surface area (Å²) in [5, 5.41) is 0. The molecule has 25 heavy (non-hydrogen) atoms. The van der Waals surface area contributed by atoms with Crippen LogP contribution in [-0.2, 0) is 4.79 Å². The number of allylic oxidation sites excluding steroid dienone is 2. The highest BCUT2D eigenvalue weighted by molar-refractivity contribution is 9.10. The van der Waals surface area contributed by atoms with E-state index in [-0.39, 0.29) is 5.78 Å². The topological polar surface area (TPSA) is 35.5 Å². The minimum atomic E-state index is 0.109. The Morgan fingerprint density at radius 1 is 0.920 bits per heavy atom. The van der Waals surface area contributed by atoms with Gasteiger partial charge in [-0.3, -0.25) is 4.79 Å². The van der Waals surface area contributed by atoms with Gasteiger partial charge in [0.1, 0.15) is 11.5 Å². The fourth-order valence-corrected chi connectivity index (χ4v) is 3.27. The number of rotatable bonds is 4. The number of ketones is 1. The van der Waals surface area contributed by atoms with Crippen LogP contribution in [0.2, 0.25) is 0 Å². The first-order valence-corrected chi connectivity index (χ1v) is 8.83. The molecule has 1 aliphatic carbocycles. The molecule has 0 unspecified atom stereocenters. The van der Waals surface area contributed by atoms with Crippen LogP contribution < -0.4 is 9.47 Å². The zero-order valence-corrected chi connectivity index (χ0v) is 15.8. The van der Waals surface area contributed by atoms with Gasteiger partial charge in [0.2, 0.25) is 0 Å². The maximum Gasteiger partial charge on any atom is 0.185 e. The molecule has 2 aromatic carbocycles. The van der Waals surface area contributed by atoms with Crippen molar-refractivity contribution in [1.82, 2.24) is 0 Å². The lowest BCUT2D eigenvalue weighted by molar-refractivity contribution is -0.111. The van der Waals surface area contributed by atoms with Crippen molar-refractivity contribution in [3.05, 3.63) is 69.2 Å². The van der Waals surface area contributed by atoms with Crippen LogP contribution in [-0.4, -0.2) is 20.0 Å². The number of halogens is 1. The van der Waals surface area contributed by atoms with Crippen LogP contribution in [0.25, 0.3) is 12.2 Å². The third-order valence-corrected chi connectivity index (χ3v) is 4.92. The van der Waals surface area contributed by atoms with Crippen molar-refractivity contribution in [3.63, 3.8) is 0 Å². The highest BCUT2D eigenvalue weighted by Gasteiger charge is 2.23. The molecule has 4 heteroatoms. The molecule has 0 saturated heterocycles. The number of methoxy groups -OCH3 is 2. The van der Waals surface area contributed by atoms with E-state index in [1.165, 1.54) is 0 Å². The molecule has 1 saturated carbocycles. The Labute approximate surface area is 156 Å². The Morgan fingerprint density at radius 3 is 2.12 bits per heavy atom. The summed E-state index contributed by atoms with van der Waals surface area (Å²) >= 11 is 3.53. The second kappa shape index (κ2) is 7.70. The summed E-state index contributed by atoms with van der Waals surface area (Å²) in [6.07, 6.45) is 5.40. The third-order valence-electron chi connectivity index (χ3n) is 4.20. The van der Waals surface area contributed by atoms with Crippen molar-refractivity contribution >= 4 is 33.9 Å². The van der Waals surface area contributed by atoms with E-state index in [1.54, 1.807) is 14.2 Å². The minimum absolute atomic E-state index is 0.109. The number of benzene rings is 2. The van der Waals surface area contributed by atoms with E-state index in [1.807, 2.05) is 54.6 Å². The van der Waals surface area contributed by atoms with Crippen LogP contribution in [0.4, 0.5) is 0 Å². The first kappa shape index (κ1) is 17.5. The van der Waals surface area contributed by atoms with Crippen LogP contribution in [0.5, 0.6) is 11.5 Å². The summed E-state index contributed by atoms with van der Waals surface area (Å²) in [5.41, 5.74) is 3.58. The molecule has 0 aromatic heterocycles. The number of carbonyl (C=O) groups is 1. The molecule has 0 heterocycles. The molecule has 0 N–H and O–H groups in total. The monoisotopic (exact) mass is 398 g/mol. The minimum Gasteiger partial charge on any atom is -0.497 e. The van der Waals surface area contributed by atoms with Crippen molar-refractivity contribution in [3.8, 4) is 11.5 Å². The van der Waals surface area contributed by atoms with Gasteiger partial charge < -0.3 is 9.47 Å². The zero-order chi connectivity index (χ0) is 17.8. The maximum atomic E-state index is 12.7. The van der Waals surface area contributed by atoms with Crippen LogP contribution in [0, 0.1) is 0 Å². The third kappa shape index (κ3) is 4.02. The zero-order valence-electron chi connectivity index (χ0n) is 14.2. The van der Waals surface area contributed by atoms with E-state index in [0.717, 1.165) is 39.6 Å². The van der Waals surface area contributed by atoms with E-state index in [0.29, 0.717) is 11.5 Å². The molecule has 0 aliphatic heterocycles. The lowest BCUT2D eigenvalue weighted by Gasteiger charge is -2.06. The molecule has 128 valence electrons. The van der Waals surface area contributed by atoms with Crippen LogP contribution in [0.1, 0.15) is 24.0 Å². The summed E-state index contributed by atoms with van der Waals surface area (Å²) in [5.74, 6) is 1.53. The number of hydrogen-bond donors (Lipinski definition) is 0. The highest BCUT2D eigenvalue weighted by atomic mass is 79.9. The van der Waals surface area contributed by atoms with Crippen molar-refractivity contribution in [2.45, 2.75) is 12.8 Å². The number of ether oxygens (including phenoxy) is 2. The normalized spacial score (nSPS) is 17.3. The lowest BCUT2D eigenvalue weighted by Crippen LogP contribution is -1.96. The number of carbonyl (C=O) groups excluding carboxylic acids is 1. The summed E-state index contributed by atoms with van der Waals surface area (Å²) in [4.78, 5) is 12.7. The Hall–Kier alpha value is -2.33. The van der Waals surface area contributed by atoms with Gasteiger partial charge in [-0.2, -0.15) is 0 Å². The number of hydrogen-bond acceptors (Lipinski definition) is 3. The smallest absolute Gasteiger partial charge is 0.185 e. The van der Waals surface area contributed by atoms with Crippen LogP contribution in [0.3, 0.4) is 0 Å². The van der Waals surface area contributed by atoms with Crippen molar-refractivity contribution in [2.75, 3.05) is 14.2 Å². The van der Waals surface area contributed by atoms with Crippen molar-refractivity contribution in [1.29, 1.82) is 0 Å². The van der Waals surface area contributed by atoms with Gasteiger partial charge in [-0.05, 0) is 54.3 Å². The van der Waals surface area contributed by atoms with Crippen molar-refractivity contribution in [2.24, 2.45) is 0 Å². The summed E-state index contributed by atoms with van der Waals surface area (Å²) in [7, 11) is 3.23. The second-order valence-electron chi connectivity index (χ2n) is 5.84. The van der Waals surface area contributed by atoms with E-state index in [9.17, 15) is 4.79 Å². The largest absolute Gasteiger partial charge is 0.497 e. The Balaban J connectivity index is 1.89. The number of Topliss-reactive ketones (excluding diaryl/α,β-unsaturated/α-hetero) is 1.